The van der Waals surface area contributed by atoms with Crippen LogP contribution in [0.15, 0.2) is 21.8 Å². The van der Waals surface area contributed by atoms with Crippen LogP contribution in [0.25, 0.3) is 0 Å². The zero-order valence-electron chi connectivity index (χ0n) is 14.7. The van der Waals surface area contributed by atoms with Crippen molar-refractivity contribution in [1.82, 2.24) is 0 Å². The van der Waals surface area contributed by atoms with Crippen LogP contribution in [-0.4, -0.2) is 23.4 Å². The number of halogens is 1. The molecule has 0 aromatic heterocycles. The Balaban J connectivity index is 1.60. The van der Waals surface area contributed by atoms with E-state index in [0.717, 1.165) is 18.4 Å². The van der Waals surface area contributed by atoms with Gasteiger partial charge in [0.25, 0.3) is 0 Å². The molecular formula is C20H31IO2. The van der Waals surface area contributed by atoms with Gasteiger partial charge in [-0.3, -0.25) is 0 Å². The molecule has 0 saturated heterocycles. The SMILES string of the molecule is C[C@@H](CO[C@H]1C=C[C@](C)(O)C1)[C@H]1CCC2/C(=C/I)CCC[C@@]21C. The van der Waals surface area contributed by atoms with Gasteiger partial charge in [-0.25, -0.2) is 0 Å². The van der Waals surface area contributed by atoms with E-state index in [1.54, 1.807) is 5.57 Å². The summed E-state index contributed by atoms with van der Waals surface area (Å²) in [6.45, 7) is 7.59. The summed E-state index contributed by atoms with van der Waals surface area (Å²) in [6.07, 6.45) is 11.4. The van der Waals surface area contributed by atoms with E-state index in [0.29, 0.717) is 17.8 Å². The van der Waals surface area contributed by atoms with E-state index in [2.05, 4.69) is 40.5 Å². The summed E-state index contributed by atoms with van der Waals surface area (Å²) < 4.78 is 8.48. The van der Waals surface area contributed by atoms with Gasteiger partial charge in [-0.05, 0) is 66.3 Å². The molecule has 2 nitrogen and oxygen atoms in total. The number of allylic oxidation sites excluding steroid dienone is 1. The van der Waals surface area contributed by atoms with Crippen LogP contribution in [0.1, 0.15) is 59.3 Å². The van der Waals surface area contributed by atoms with Crippen LogP contribution in [0, 0.1) is 23.2 Å². The van der Waals surface area contributed by atoms with Crippen LogP contribution >= 0.6 is 22.6 Å². The molecular weight excluding hydrogens is 399 g/mol. The van der Waals surface area contributed by atoms with E-state index in [9.17, 15) is 5.11 Å². The van der Waals surface area contributed by atoms with Crippen molar-refractivity contribution < 1.29 is 9.84 Å². The maximum absolute atomic E-state index is 10.0. The summed E-state index contributed by atoms with van der Waals surface area (Å²) in [5, 5.41) is 10.0. The van der Waals surface area contributed by atoms with Gasteiger partial charge >= 0.3 is 0 Å². The topological polar surface area (TPSA) is 29.5 Å². The number of fused-ring (bicyclic) bond motifs is 1. The molecule has 0 heterocycles. The standard InChI is InChI=1S/C20H31IO2/c1-14(13-23-16-8-10-19(2,22)11-16)17-6-7-18-15(12-21)5-4-9-20(17,18)3/h8,10,12,14,16-18,22H,4-7,9,11,13H2,1-3H3/b15-12+/t14-,16-,17+,18?,19-,20+/m0/s1. The molecule has 0 radical (unpaired) electrons. The molecule has 0 amide bonds. The number of rotatable bonds is 4. The van der Waals surface area contributed by atoms with Crippen LogP contribution < -0.4 is 0 Å². The summed E-state index contributed by atoms with van der Waals surface area (Å²) in [5.41, 5.74) is 1.49. The van der Waals surface area contributed by atoms with Crippen molar-refractivity contribution in [3.63, 3.8) is 0 Å². The lowest BCUT2D eigenvalue weighted by Crippen LogP contribution is -2.37. The Morgan fingerprint density at radius 3 is 2.87 bits per heavy atom. The van der Waals surface area contributed by atoms with Crippen LogP contribution in [-0.2, 0) is 4.74 Å². The Kier molecular flexibility index (Phi) is 5.30. The van der Waals surface area contributed by atoms with Gasteiger partial charge in [0.2, 0.25) is 0 Å². The minimum atomic E-state index is -0.679. The lowest BCUT2D eigenvalue weighted by molar-refractivity contribution is -0.00791. The van der Waals surface area contributed by atoms with E-state index >= 15 is 0 Å². The van der Waals surface area contributed by atoms with Crippen LogP contribution in [0.5, 0.6) is 0 Å². The maximum Gasteiger partial charge on any atom is 0.0828 e. The third-order valence-electron chi connectivity index (χ3n) is 6.72. The first-order chi connectivity index (χ1) is 10.9. The minimum absolute atomic E-state index is 0.0913. The van der Waals surface area contributed by atoms with Crippen LogP contribution in [0.2, 0.25) is 0 Å². The molecule has 3 heteroatoms. The molecule has 3 aliphatic carbocycles. The highest BCUT2D eigenvalue weighted by atomic mass is 127. The predicted molar refractivity (Wildman–Crippen MR) is 104 cm³/mol. The van der Waals surface area contributed by atoms with Gasteiger partial charge in [0.15, 0.2) is 0 Å². The smallest absolute Gasteiger partial charge is 0.0828 e. The van der Waals surface area contributed by atoms with Gasteiger partial charge in [0, 0.05) is 6.42 Å². The molecule has 3 rings (SSSR count). The monoisotopic (exact) mass is 430 g/mol. The summed E-state index contributed by atoms with van der Waals surface area (Å²) in [7, 11) is 0. The fourth-order valence-electron chi connectivity index (χ4n) is 5.51. The molecule has 0 spiro atoms. The second-order valence-electron chi connectivity index (χ2n) is 8.55. The van der Waals surface area contributed by atoms with Crippen LogP contribution in [0.3, 0.4) is 0 Å². The second kappa shape index (κ2) is 6.80. The summed E-state index contributed by atoms with van der Waals surface area (Å²) in [4.78, 5) is 0. The molecule has 1 unspecified atom stereocenters. The summed E-state index contributed by atoms with van der Waals surface area (Å²) in [5.74, 6) is 2.16. The number of aliphatic hydroxyl groups is 1. The quantitative estimate of drug-likeness (QED) is 0.488. The normalized spacial score (nSPS) is 46.3. The Morgan fingerprint density at radius 2 is 2.22 bits per heavy atom. The van der Waals surface area contributed by atoms with E-state index in [1.165, 1.54) is 32.1 Å². The maximum atomic E-state index is 10.0. The van der Waals surface area contributed by atoms with Gasteiger partial charge in [-0.15, -0.1) is 0 Å². The van der Waals surface area contributed by atoms with Crippen molar-refractivity contribution >= 4 is 22.6 Å². The molecule has 130 valence electrons. The van der Waals surface area contributed by atoms with Gasteiger partial charge in [0.1, 0.15) is 0 Å². The lowest BCUT2D eigenvalue weighted by Gasteiger charge is -2.44. The molecule has 3 aliphatic rings. The molecule has 0 aromatic rings. The third-order valence-corrected chi connectivity index (χ3v) is 7.52. The van der Waals surface area contributed by atoms with Crippen molar-refractivity contribution in [3.8, 4) is 0 Å². The van der Waals surface area contributed by atoms with E-state index in [4.69, 9.17) is 4.74 Å². The molecule has 6 atom stereocenters. The zero-order valence-corrected chi connectivity index (χ0v) is 16.9. The first-order valence-electron chi connectivity index (χ1n) is 9.18. The Morgan fingerprint density at radius 1 is 1.43 bits per heavy atom. The van der Waals surface area contributed by atoms with Crippen molar-refractivity contribution in [3.05, 3.63) is 21.8 Å². The Hall–Kier alpha value is 0.130. The Labute approximate surface area is 154 Å². The van der Waals surface area contributed by atoms with Gasteiger partial charge < -0.3 is 9.84 Å². The molecule has 2 fully saturated rings. The average molecular weight is 430 g/mol. The third kappa shape index (κ3) is 3.57. The molecule has 23 heavy (non-hydrogen) atoms. The van der Waals surface area contributed by atoms with Crippen molar-refractivity contribution in [2.24, 2.45) is 23.2 Å². The largest absolute Gasteiger partial charge is 0.386 e. The lowest BCUT2D eigenvalue weighted by atomic mass is 9.61. The van der Waals surface area contributed by atoms with Gasteiger partial charge in [-0.1, -0.05) is 54.2 Å². The van der Waals surface area contributed by atoms with Crippen molar-refractivity contribution in [2.75, 3.05) is 6.61 Å². The summed E-state index contributed by atoms with van der Waals surface area (Å²) in [6, 6.07) is 0. The van der Waals surface area contributed by atoms with E-state index in [1.807, 2.05) is 19.1 Å². The summed E-state index contributed by atoms with van der Waals surface area (Å²) >= 11 is 2.44. The molecule has 0 aliphatic heterocycles. The van der Waals surface area contributed by atoms with Crippen molar-refractivity contribution in [2.45, 2.75) is 71.0 Å². The number of hydrogen-bond acceptors (Lipinski definition) is 2. The molecule has 1 N–H and O–H groups in total. The van der Waals surface area contributed by atoms with Gasteiger partial charge in [-0.2, -0.15) is 0 Å². The fourth-order valence-corrected chi connectivity index (χ4v) is 6.25. The highest BCUT2D eigenvalue weighted by Gasteiger charge is 2.50. The van der Waals surface area contributed by atoms with Crippen molar-refractivity contribution in [1.29, 1.82) is 0 Å². The molecule has 0 bridgehead atoms. The molecule has 0 aromatic carbocycles. The van der Waals surface area contributed by atoms with E-state index in [-0.39, 0.29) is 6.10 Å². The average Bonchev–Trinajstić information content (AvgIpc) is 3.03. The van der Waals surface area contributed by atoms with Gasteiger partial charge in [0.05, 0.1) is 18.3 Å². The fraction of sp³-hybridized carbons (Fsp3) is 0.800. The molecule has 2 saturated carbocycles. The van der Waals surface area contributed by atoms with E-state index < -0.39 is 5.60 Å². The number of ether oxygens (including phenoxy) is 1. The highest BCUT2D eigenvalue weighted by Crippen LogP contribution is 2.59. The first kappa shape index (κ1) is 17.9. The highest BCUT2D eigenvalue weighted by molar-refractivity contribution is 14.1. The first-order valence-corrected chi connectivity index (χ1v) is 10.4. The zero-order chi connectivity index (χ0) is 16.7. The minimum Gasteiger partial charge on any atom is -0.386 e. The van der Waals surface area contributed by atoms with Crippen LogP contribution in [0.4, 0.5) is 0 Å². The number of hydrogen-bond donors (Lipinski definition) is 1. The second-order valence-corrected chi connectivity index (χ2v) is 9.17. The predicted octanol–water partition coefficient (Wildman–Crippen LogP) is 5.25. The Bertz CT molecular complexity index is 496.